The lowest BCUT2D eigenvalue weighted by molar-refractivity contribution is 0.184. The Kier molecular flexibility index (Phi) is 5.84. The van der Waals surface area contributed by atoms with Gasteiger partial charge in [-0.2, -0.15) is 0 Å². The van der Waals surface area contributed by atoms with Crippen molar-refractivity contribution in [2.45, 2.75) is 12.5 Å². The number of hydrogen-bond donors (Lipinski definition) is 1. The number of nitrogens with zero attached hydrogens (tertiary/aromatic N) is 2. The highest BCUT2D eigenvalue weighted by Crippen LogP contribution is 2.30. The quantitative estimate of drug-likeness (QED) is 0.650. The summed E-state index contributed by atoms with van der Waals surface area (Å²) in [5.41, 5.74) is 3.59. The first kappa shape index (κ1) is 18.9. The summed E-state index contributed by atoms with van der Waals surface area (Å²) in [6, 6.07) is 26.6. The maximum atomic E-state index is 9.86. The molecule has 0 radical (unpaired) electrons. The summed E-state index contributed by atoms with van der Waals surface area (Å²) >= 11 is 6.40. The van der Waals surface area contributed by atoms with Crippen LogP contribution in [-0.2, 0) is 6.42 Å². The molecule has 1 N–H and O–H groups in total. The van der Waals surface area contributed by atoms with Crippen LogP contribution >= 0.6 is 11.6 Å². The largest absolute Gasteiger partial charge is 0.508 e. The van der Waals surface area contributed by atoms with E-state index in [0.717, 1.165) is 48.9 Å². The van der Waals surface area contributed by atoms with Crippen LogP contribution in [0.2, 0.25) is 5.02 Å². The van der Waals surface area contributed by atoms with Gasteiger partial charge in [-0.1, -0.05) is 66.2 Å². The molecule has 3 aromatic rings. The van der Waals surface area contributed by atoms with E-state index in [1.54, 1.807) is 6.07 Å². The molecule has 4 rings (SSSR count). The van der Waals surface area contributed by atoms with Gasteiger partial charge >= 0.3 is 0 Å². The Morgan fingerprint density at radius 1 is 0.821 bits per heavy atom. The van der Waals surface area contributed by atoms with Crippen LogP contribution in [0.15, 0.2) is 78.9 Å². The molecule has 3 nitrogen and oxygen atoms in total. The summed E-state index contributed by atoms with van der Waals surface area (Å²) < 4.78 is 0. The number of aromatic hydroxyl groups is 1. The van der Waals surface area contributed by atoms with Gasteiger partial charge in [0.05, 0.1) is 10.7 Å². The fourth-order valence-corrected chi connectivity index (χ4v) is 4.28. The van der Waals surface area contributed by atoms with Crippen molar-refractivity contribution in [3.05, 3.63) is 95.0 Å². The molecule has 0 aliphatic carbocycles. The van der Waals surface area contributed by atoms with Gasteiger partial charge in [-0.3, -0.25) is 4.90 Å². The molecule has 0 spiro atoms. The second-order valence-corrected chi connectivity index (χ2v) is 7.68. The maximum Gasteiger partial charge on any atom is 0.115 e. The Labute approximate surface area is 171 Å². The molecule has 1 aliphatic rings. The number of phenolic OH excluding ortho intramolecular Hbond substituents is 1. The van der Waals surface area contributed by atoms with E-state index in [0.29, 0.717) is 5.75 Å². The maximum absolute atomic E-state index is 9.86. The molecule has 0 aromatic heterocycles. The molecule has 1 saturated heterocycles. The zero-order chi connectivity index (χ0) is 19.3. The lowest BCUT2D eigenvalue weighted by atomic mass is 9.96. The van der Waals surface area contributed by atoms with E-state index in [2.05, 4.69) is 52.3 Å². The van der Waals surface area contributed by atoms with Gasteiger partial charge in [0.25, 0.3) is 0 Å². The third-order valence-corrected chi connectivity index (χ3v) is 5.79. The van der Waals surface area contributed by atoms with Crippen LogP contribution in [0.3, 0.4) is 0 Å². The molecular formula is C24H25ClN2O. The van der Waals surface area contributed by atoms with Gasteiger partial charge < -0.3 is 10.0 Å². The van der Waals surface area contributed by atoms with Gasteiger partial charge in [0.2, 0.25) is 0 Å². The number of halogens is 1. The Morgan fingerprint density at radius 2 is 1.54 bits per heavy atom. The first-order valence-electron chi connectivity index (χ1n) is 9.77. The first-order chi connectivity index (χ1) is 13.7. The molecular weight excluding hydrogens is 368 g/mol. The molecule has 3 aromatic carbocycles. The van der Waals surface area contributed by atoms with Crippen molar-refractivity contribution in [1.82, 2.24) is 4.90 Å². The molecule has 1 aliphatic heterocycles. The zero-order valence-electron chi connectivity index (χ0n) is 15.8. The SMILES string of the molecule is Oc1cccc(CC(c2ccccc2)N2CCN(c3ccccc3Cl)CC2)c1. The van der Waals surface area contributed by atoms with Crippen LogP contribution < -0.4 is 4.90 Å². The van der Waals surface area contributed by atoms with Crippen LogP contribution in [0.1, 0.15) is 17.2 Å². The zero-order valence-corrected chi connectivity index (χ0v) is 16.6. The van der Waals surface area contributed by atoms with Crippen LogP contribution in [0.4, 0.5) is 5.69 Å². The van der Waals surface area contributed by atoms with Crippen molar-refractivity contribution >= 4 is 17.3 Å². The van der Waals surface area contributed by atoms with Gasteiger partial charge in [-0.15, -0.1) is 0 Å². The van der Waals surface area contributed by atoms with Crippen molar-refractivity contribution in [3.8, 4) is 5.75 Å². The average molecular weight is 393 g/mol. The lowest BCUT2D eigenvalue weighted by Crippen LogP contribution is -2.48. The number of rotatable bonds is 5. The molecule has 0 bridgehead atoms. The number of benzene rings is 3. The Balaban J connectivity index is 1.52. The van der Waals surface area contributed by atoms with E-state index in [4.69, 9.17) is 11.6 Å². The third-order valence-electron chi connectivity index (χ3n) is 5.47. The Bertz CT molecular complexity index is 907. The standard InChI is InChI=1S/C24H25ClN2O/c25-22-11-4-5-12-23(22)26-13-15-27(16-14-26)24(20-8-2-1-3-9-20)18-19-7-6-10-21(28)17-19/h1-12,17,24,28H,13-16,18H2. The van der Waals surface area contributed by atoms with E-state index in [1.807, 2.05) is 30.3 Å². The molecule has 144 valence electrons. The van der Waals surface area contributed by atoms with Gasteiger partial charge in [0.15, 0.2) is 0 Å². The Morgan fingerprint density at radius 3 is 2.25 bits per heavy atom. The summed E-state index contributed by atoms with van der Waals surface area (Å²) in [5, 5.41) is 10.7. The van der Waals surface area contributed by atoms with E-state index in [-0.39, 0.29) is 6.04 Å². The number of anilines is 1. The third kappa shape index (κ3) is 4.32. The van der Waals surface area contributed by atoms with Crippen LogP contribution in [0.25, 0.3) is 0 Å². The molecule has 1 unspecified atom stereocenters. The average Bonchev–Trinajstić information content (AvgIpc) is 2.73. The predicted molar refractivity (Wildman–Crippen MR) is 116 cm³/mol. The van der Waals surface area contributed by atoms with Crippen molar-refractivity contribution in [2.75, 3.05) is 31.1 Å². The number of phenols is 1. The minimum absolute atomic E-state index is 0.288. The summed E-state index contributed by atoms with van der Waals surface area (Å²) in [7, 11) is 0. The summed E-state index contributed by atoms with van der Waals surface area (Å²) in [5.74, 6) is 0.327. The van der Waals surface area contributed by atoms with E-state index < -0.39 is 0 Å². The normalized spacial score (nSPS) is 16.1. The number of hydrogen-bond acceptors (Lipinski definition) is 3. The molecule has 1 heterocycles. The topological polar surface area (TPSA) is 26.7 Å². The van der Waals surface area contributed by atoms with Gasteiger partial charge in [0.1, 0.15) is 5.75 Å². The summed E-state index contributed by atoms with van der Waals surface area (Å²) in [6.45, 7) is 3.85. The van der Waals surface area contributed by atoms with Crippen LogP contribution in [0.5, 0.6) is 5.75 Å². The second kappa shape index (κ2) is 8.68. The Hall–Kier alpha value is -2.49. The van der Waals surface area contributed by atoms with Crippen molar-refractivity contribution in [2.24, 2.45) is 0 Å². The van der Waals surface area contributed by atoms with E-state index in [1.165, 1.54) is 5.56 Å². The monoisotopic (exact) mass is 392 g/mol. The fourth-order valence-electron chi connectivity index (χ4n) is 4.02. The summed E-state index contributed by atoms with van der Waals surface area (Å²) in [6.07, 6.45) is 0.879. The van der Waals surface area contributed by atoms with Crippen LogP contribution in [-0.4, -0.2) is 36.2 Å². The molecule has 28 heavy (non-hydrogen) atoms. The highest BCUT2D eigenvalue weighted by Gasteiger charge is 2.26. The lowest BCUT2D eigenvalue weighted by Gasteiger charge is -2.40. The summed E-state index contributed by atoms with van der Waals surface area (Å²) in [4.78, 5) is 4.92. The molecule has 0 saturated carbocycles. The smallest absolute Gasteiger partial charge is 0.115 e. The van der Waals surface area contributed by atoms with Crippen molar-refractivity contribution in [1.29, 1.82) is 0 Å². The number of para-hydroxylation sites is 1. The molecule has 1 atom stereocenters. The molecule has 1 fully saturated rings. The minimum Gasteiger partial charge on any atom is -0.508 e. The minimum atomic E-state index is 0.288. The van der Waals surface area contributed by atoms with Crippen molar-refractivity contribution in [3.63, 3.8) is 0 Å². The van der Waals surface area contributed by atoms with Crippen LogP contribution in [0, 0.1) is 0 Å². The molecule has 4 heteroatoms. The highest BCUT2D eigenvalue weighted by atomic mass is 35.5. The highest BCUT2D eigenvalue weighted by molar-refractivity contribution is 6.33. The predicted octanol–water partition coefficient (Wildman–Crippen LogP) is 5.15. The van der Waals surface area contributed by atoms with E-state index in [9.17, 15) is 5.11 Å². The van der Waals surface area contributed by atoms with Gasteiger partial charge in [0, 0.05) is 32.2 Å². The first-order valence-corrected chi connectivity index (χ1v) is 10.1. The second-order valence-electron chi connectivity index (χ2n) is 7.27. The van der Waals surface area contributed by atoms with Gasteiger partial charge in [-0.05, 0) is 41.8 Å². The molecule has 0 amide bonds. The van der Waals surface area contributed by atoms with Gasteiger partial charge in [-0.25, -0.2) is 0 Å². The number of piperazine rings is 1. The fraction of sp³-hybridized carbons (Fsp3) is 0.250. The van der Waals surface area contributed by atoms with Crippen molar-refractivity contribution < 1.29 is 5.11 Å². The van der Waals surface area contributed by atoms with E-state index >= 15 is 0 Å².